The predicted molar refractivity (Wildman–Crippen MR) is 69.1 cm³/mol. The minimum Gasteiger partial charge on any atom is -0.330 e. The molecule has 96 valence electrons. The van der Waals surface area contributed by atoms with Gasteiger partial charge in [-0.1, -0.05) is 13.8 Å². The smallest absolute Gasteiger partial charge is 0.251 e. The summed E-state index contributed by atoms with van der Waals surface area (Å²) < 4.78 is 0. The topological polar surface area (TPSA) is 75.0 Å². The van der Waals surface area contributed by atoms with E-state index < -0.39 is 0 Å². The van der Waals surface area contributed by atoms with Gasteiger partial charge in [-0.15, -0.1) is 0 Å². The van der Waals surface area contributed by atoms with E-state index in [4.69, 9.17) is 5.73 Å². The lowest BCUT2D eigenvalue weighted by Gasteiger charge is -2.17. The monoisotopic (exact) mass is 238 g/mol. The van der Waals surface area contributed by atoms with Crippen LogP contribution in [0.1, 0.15) is 25.4 Å². The van der Waals surface area contributed by atoms with Gasteiger partial charge in [-0.2, -0.15) is 0 Å². The van der Waals surface area contributed by atoms with Crippen LogP contribution in [0.5, 0.6) is 0 Å². The van der Waals surface area contributed by atoms with Crippen LogP contribution in [-0.2, 0) is 12.8 Å². The van der Waals surface area contributed by atoms with Crippen molar-refractivity contribution in [1.82, 2.24) is 14.9 Å². The van der Waals surface area contributed by atoms with Crippen molar-refractivity contribution < 1.29 is 0 Å². The lowest BCUT2D eigenvalue weighted by Crippen LogP contribution is -2.27. The lowest BCUT2D eigenvalue weighted by atomic mass is 10.3. The number of likely N-dealkylation sites (N-methyl/N-ethyl adjacent to an activating group) is 1. The van der Waals surface area contributed by atoms with E-state index in [-0.39, 0.29) is 5.56 Å². The molecule has 3 N–H and O–H groups in total. The number of nitrogens with zero attached hydrogens (tertiary/aromatic N) is 2. The maximum Gasteiger partial charge on any atom is 0.251 e. The fraction of sp³-hybridized carbons (Fsp3) is 0.667. The van der Waals surface area contributed by atoms with E-state index >= 15 is 0 Å². The maximum absolute atomic E-state index is 11.4. The molecule has 0 atom stereocenters. The summed E-state index contributed by atoms with van der Waals surface area (Å²) in [5, 5.41) is 0. The lowest BCUT2D eigenvalue weighted by molar-refractivity contribution is 0.305. The van der Waals surface area contributed by atoms with Gasteiger partial charge < -0.3 is 15.6 Å². The average molecular weight is 238 g/mol. The Kier molecular flexibility index (Phi) is 5.86. The van der Waals surface area contributed by atoms with Gasteiger partial charge in [0.25, 0.3) is 5.56 Å². The highest BCUT2D eigenvalue weighted by Crippen LogP contribution is 1.96. The zero-order valence-electron chi connectivity index (χ0n) is 10.7. The fourth-order valence-electron chi connectivity index (χ4n) is 1.76. The van der Waals surface area contributed by atoms with E-state index in [1.807, 2.05) is 0 Å². The van der Waals surface area contributed by atoms with Gasteiger partial charge in [-0.3, -0.25) is 4.79 Å². The molecule has 0 unspecified atom stereocenters. The quantitative estimate of drug-likeness (QED) is 0.709. The normalized spacial score (nSPS) is 11.1. The Labute approximate surface area is 102 Å². The van der Waals surface area contributed by atoms with Crippen LogP contribution >= 0.6 is 0 Å². The molecule has 17 heavy (non-hydrogen) atoms. The van der Waals surface area contributed by atoms with Crippen LogP contribution in [-0.4, -0.2) is 41.0 Å². The third-order valence-corrected chi connectivity index (χ3v) is 2.80. The molecule has 1 aromatic rings. The summed E-state index contributed by atoms with van der Waals surface area (Å²) in [6.45, 7) is 7.73. The Bertz CT molecular complexity index is 384. The first-order valence-corrected chi connectivity index (χ1v) is 6.21. The number of hydrogen-bond donors (Lipinski definition) is 2. The highest BCUT2D eigenvalue weighted by atomic mass is 16.1. The molecule has 0 aliphatic carbocycles. The van der Waals surface area contributed by atoms with Crippen molar-refractivity contribution in [1.29, 1.82) is 0 Å². The molecule has 1 aromatic heterocycles. The molecule has 0 aliphatic heterocycles. The fourth-order valence-corrected chi connectivity index (χ4v) is 1.76. The average Bonchev–Trinajstić information content (AvgIpc) is 2.30. The molecule has 0 bridgehead atoms. The molecule has 0 saturated heterocycles. The zero-order valence-corrected chi connectivity index (χ0v) is 10.7. The summed E-state index contributed by atoms with van der Waals surface area (Å²) in [5.41, 5.74) is 6.16. The molecule has 5 heteroatoms. The standard InChI is InChI=1S/C12H22N4O/c1-3-16(4-2)8-6-11-14-10(5-7-13)9-12(17)15-11/h9H,3-8,13H2,1-2H3,(H,14,15,17). The van der Waals surface area contributed by atoms with Crippen molar-refractivity contribution in [2.45, 2.75) is 26.7 Å². The van der Waals surface area contributed by atoms with E-state index in [2.05, 4.69) is 28.7 Å². The molecule has 0 amide bonds. The second-order valence-corrected chi connectivity index (χ2v) is 4.00. The van der Waals surface area contributed by atoms with Crippen LogP contribution < -0.4 is 11.3 Å². The van der Waals surface area contributed by atoms with E-state index in [0.717, 1.165) is 37.6 Å². The van der Waals surface area contributed by atoms with Gasteiger partial charge in [-0.25, -0.2) is 4.98 Å². The Morgan fingerprint density at radius 3 is 2.65 bits per heavy atom. The number of nitrogens with two attached hydrogens (primary N) is 1. The van der Waals surface area contributed by atoms with Crippen molar-refractivity contribution in [2.75, 3.05) is 26.2 Å². The number of aromatic amines is 1. The number of rotatable bonds is 7. The highest BCUT2D eigenvalue weighted by molar-refractivity contribution is 5.03. The van der Waals surface area contributed by atoms with Gasteiger partial charge in [0, 0.05) is 31.1 Å². The van der Waals surface area contributed by atoms with Gasteiger partial charge in [0.15, 0.2) is 0 Å². The Morgan fingerprint density at radius 2 is 2.06 bits per heavy atom. The number of nitrogens with one attached hydrogen (secondary N) is 1. The first-order valence-electron chi connectivity index (χ1n) is 6.21. The minimum absolute atomic E-state index is 0.0852. The van der Waals surface area contributed by atoms with Crippen molar-refractivity contribution >= 4 is 0 Å². The Morgan fingerprint density at radius 1 is 1.35 bits per heavy atom. The largest absolute Gasteiger partial charge is 0.330 e. The summed E-state index contributed by atoms with van der Waals surface area (Å²) in [5.74, 6) is 0.757. The number of aromatic nitrogens is 2. The van der Waals surface area contributed by atoms with Crippen molar-refractivity contribution in [2.24, 2.45) is 5.73 Å². The van der Waals surface area contributed by atoms with Gasteiger partial charge in [0.05, 0.1) is 0 Å². The minimum atomic E-state index is -0.0852. The van der Waals surface area contributed by atoms with Crippen molar-refractivity contribution in [3.05, 3.63) is 27.9 Å². The Hall–Kier alpha value is -1.20. The summed E-state index contributed by atoms with van der Waals surface area (Å²) >= 11 is 0. The summed E-state index contributed by atoms with van der Waals surface area (Å²) in [6.07, 6.45) is 1.43. The number of H-pyrrole nitrogens is 1. The first-order chi connectivity index (χ1) is 8.19. The molecule has 0 radical (unpaired) electrons. The molecule has 0 saturated carbocycles. The molecular formula is C12H22N4O. The van der Waals surface area contributed by atoms with Gasteiger partial charge >= 0.3 is 0 Å². The van der Waals surface area contributed by atoms with Crippen LogP contribution in [0.4, 0.5) is 0 Å². The molecule has 0 aliphatic rings. The summed E-state index contributed by atoms with van der Waals surface area (Å²) in [6, 6.07) is 1.52. The second kappa shape index (κ2) is 7.19. The molecule has 1 heterocycles. The van der Waals surface area contributed by atoms with Gasteiger partial charge in [0.1, 0.15) is 5.82 Å². The summed E-state index contributed by atoms with van der Waals surface area (Å²) in [7, 11) is 0. The maximum atomic E-state index is 11.4. The van der Waals surface area contributed by atoms with E-state index in [1.54, 1.807) is 0 Å². The number of hydrogen-bond acceptors (Lipinski definition) is 4. The predicted octanol–water partition coefficient (Wildman–Crippen LogP) is 0.155. The van der Waals surface area contributed by atoms with Crippen molar-refractivity contribution in [3.8, 4) is 0 Å². The highest BCUT2D eigenvalue weighted by Gasteiger charge is 2.04. The summed E-state index contributed by atoms with van der Waals surface area (Å²) in [4.78, 5) is 20.9. The zero-order chi connectivity index (χ0) is 12.7. The van der Waals surface area contributed by atoms with Crippen LogP contribution in [0, 0.1) is 0 Å². The van der Waals surface area contributed by atoms with Gasteiger partial charge in [0.2, 0.25) is 0 Å². The molecular weight excluding hydrogens is 216 g/mol. The van der Waals surface area contributed by atoms with E-state index in [9.17, 15) is 4.79 Å². The van der Waals surface area contributed by atoms with Crippen LogP contribution in [0.3, 0.4) is 0 Å². The van der Waals surface area contributed by atoms with Crippen LogP contribution in [0.15, 0.2) is 10.9 Å². The SMILES string of the molecule is CCN(CC)CCc1nc(CCN)cc(=O)[nH]1. The van der Waals surface area contributed by atoms with E-state index in [1.165, 1.54) is 6.07 Å². The van der Waals surface area contributed by atoms with Gasteiger partial charge in [-0.05, 0) is 19.6 Å². The molecule has 5 nitrogen and oxygen atoms in total. The second-order valence-electron chi connectivity index (χ2n) is 4.00. The first kappa shape index (κ1) is 13.9. The van der Waals surface area contributed by atoms with E-state index in [0.29, 0.717) is 13.0 Å². The third kappa shape index (κ3) is 4.66. The molecule has 1 rings (SSSR count). The molecule has 0 fully saturated rings. The van der Waals surface area contributed by atoms with Crippen LogP contribution in [0.2, 0.25) is 0 Å². The molecule has 0 aromatic carbocycles. The Balaban J connectivity index is 2.67. The van der Waals surface area contributed by atoms with Crippen LogP contribution in [0.25, 0.3) is 0 Å². The third-order valence-electron chi connectivity index (χ3n) is 2.80. The van der Waals surface area contributed by atoms with Crippen molar-refractivity contribution in [3.63, 3.8) is 0 Å². The molecule has 0 spiro atoms.